The Hall–Kier alpha value is -1.58. The van der Waals surface area contributed by atoms with Gasteiger partial charge < -0.3 is 5.11 Å². The summed E-state index contributed by atoms with van der Waals surface area (Å²) in [5.74, 6) is 1.25. The van der Waals surface area contributed by atoms with Gasteiger partial charge in [-0.3, -0.25) is 4.79 Å². The van der Waals surface area contributed by atoms with Crippen molar-refractivity contribution in [3.05, 3.63) is 66.2 Å². The molecule has 98 valence electrons. The Kier molecular flexibility index (Phi) is 5.19. The standard InChI is InChI=1S/C16H17O2S/c17-11-12-19(15-9-5-2-6-10-15)13-16(18)14-7-3-1-4-8-14/h1-10,17H,11-13H2/q+1. The number of hydrogen-bond acceptors (Lipinski definition) is 2. The van der Waals surface area contributed by atoms with Crippen molar-refractivity contribution in [1.82, 2.24) is 0 Å². The third-order valence-corrected chi connectivity index (χ3v) is 5.04. The van der Waals surface area contributed by atoms with Gasteiger partial charge in [-0.05, 0) is 12.1 Å². The van der Waals surface area contributed by atoms with Crippen molar-refractivity contribution in [3.8, 4) is 0 Å². The molecule has 3 heteroatoms. The Labute approximate surface area is 116 Å². The Balaban J connectivity index is 2.11. The zero-order valence-electron chi connectivity index (χ0n) is 10.7. The van der Waals surface area contributed by atoms with E-state index in [1.807, 2.05) is 60.7 Å². The Morgan fingerprint density at radius 2 is 1.53 bits per heavy atom. The van der Waals surface area contributed by atoms with E-state index in [1.165, 1.54) is 0 Å². The number of aliphatic hydroxyl groups is 1. The molecular formula is C16H17O2S+. The van der Waals surface area contributed by atoms with Crippen LogP contribution in [0.4, 0.5) is 0 Å². The lowest BCUT2D eigenvalue weighted by Crippen LogP contribution is -2.21. The molecule has 2 rings (SSSR count). The van der Waals surface area contributed by atoms with Crippen LogP contribution in [0.2, 0.25) is 0 Å². The Bertz CT molecular complexity index is 511. The summed E-state index contributed by atoms with van der Waals surface area (Å²) in [4.78, 5) is 13.4. The van der Waals surface area contributed by atoms with E-state index >= 15 is 0 Å². The highest BCUT2D eigenvalue weighted by atomic mass is 32.2. The van der Waals surface area contributed by atoms with Gasteiger partial charge in [-0.2, -0.15) is 0 Å². The van der Waals surface area contributed by atoms with Gasteiger partial charge in [0, 0.05) is 16.5 Å². The smallest absolute Gasteiger partial charge is 0.212 e. The molecule has 1 atom stereocenters. The summed E-state index contributed by atoms with van der Waals surface area (Å²) in [6.45, 7) is 0.111. The summed E-state index contributed by atoms with van der Waals surface area (Å²) in [7, 11) is -0.218. The van der Waals surface area contributed by atoms with Crippen LogP contribution in [0.25, 0.3) is 0 Å². The van der Waals surface area contributed by atoms with Crippen molar-refractivity contribution in [2.24, 2.45) is 0 Å². The normalized spacial score (nSPS) is 12.1. The van der Waals surface area contributed by atoms with E-state index in [0.717, 1.165) is 10.5 Å². The highest BCUT2D eigenvalue weighted by Crippen LogP contribution is 2.15. The second-order valence-corrected chi connectivity index (χ2v) is 6.32. The first-order valence-corrected chi connectivity index (χ1v) is 7.79. The molecule has 0 bridgehead atoms. The van der Waals surface area contributed by atoms with Gasteiger partial charge in [-0.15, -0.1) is 0 Å². The van der Waals surface area contributed by atoms with Crippen molar-refractivity contribution in [1.29, 1.82) is 0 Å². The highest BCUT2D eigenvalue weighted by Gasteiger charge is 2.25. The molecule has 0 heterocycles. The van der Waals surface area contributed by atoms with Gasteiger partial charge in [0.2, 0.25) is 5.78 Å². The zero-order valence-corrected chi connectivity index (χ0v) is 11.5. The molecule has 0 aliphatic rings. The maximum Gasteiger partial charge on any atom is 0.212 e. The second kappa shape index (κ2) is 7.12. The van der Waals surface area contributed by atoms with Crippen LogP contribution in [0.3, 0.4) is 0 Å². The van der Waals surface area contributed by atoms with Crippen LogP contribution < -0.4 is 0 Å². The third-order valence-electron chi connectivity index (χ3n) is 2.82. The van der Waals surface area contributed by atoms with Crippen molar-refractivity contribution < 1.29 is 9.90 Å². The second-order valence-electron chi connectivity index (χ2n) is 4.17. The van der Waals surface area contributed by atoms with Gasteiger partial charge in [-0.1, -0.05) is 48.5 Å². The van der Waals surface area contributed by atoms with E-state index in [9.17, 15) is 9.90 Å². The fraction of sp³-hybridized carbons (Fsp3) is 0.188. The minimum absolute atomic E-state index is 0.111. The molecule has 1 N–H and O–H groups in total. The average Bonchev–Trinajstić information content (AvgIpc) is 2.48. The molecular weight excluding hydrogens is 256 g/mol. The van der Waals surface area contributed by atoms with Crippen LogP contribution in [0.15, 0.2) is 65.6 Å². The van der Waals surface area contributed by atoms with E-state index in [2.05, 4.69) is 0 Å². The van der Waals surface area contributed by atoms with Gasteiger partial charge in [0.1, 0.15) is 5.75 Å². The number of aliphatic hydroxyl groups excluding tert-OH is 1. The molecule has 0 radical (unpaired) electrons. The van der Waals surface area contributed by atoms with Gasteiger partial charge >= 0.3 is 0 Å². The average molecular weight is 273 g/mol. The largest absolute Gasteiger partial charge is 0.391 e. The van der Waals surface area contributed by atoms with E-state index in [4.69, 9.17) is 0 Å². The van der Waals surface area contributed by atoms with E-state index in [1.54, 1.807) is 0 Å². The van der Waals surface area contributed by atoms with Crippen LogP contribution in [-0.4, -0.2) is 29.0 Å². The molecule has 2 aromatic rings. The van der Waals surface area contributed by atoms with Crippen molar-refractivity contribution in [2.75, 3.05) is 18.1 Å². The number of benzene rings is 2. The molecule has 0 spiro atoms. The van der Waals surface area contributed by atoms with Gasteiger partial charge in [0.15, 0.2) is 10.6 Å². The van der Waals surface area contributed by atoms with Gasteiger partial charge in [-0.25, -0.2) is 0 Å². The lowest BCUT2D eigenvalue weighted by Gasteiger charge is -2.06. The van der Waals surface area contributed by atoms with Crippen LogP contribution in [0.5, 0.6) is 0 Å². The van der Waals surface area contributed by atoms with Crippen molar-refractivity contribution >= 4 is 16.7 Å². The topological polar surface area (TPSA) is 37.3 Å². The van der Waals surface area contributed by atoms with Crippen molar-refractivity contribution in [3.63, 3.8) is 0 Å². The Morgan fingerprint density at radius 3 is 2.11 bits per heavy atom. The van der Waals surface area contributed by atoms with Gasteiger partial charge in [0.05, 0.1) is 6.61 Å². The van der Waals surface area contributed by atoms with E-state index in [-0.39, 0.29) is 23.3 Å². The number of carbonyl (C=O) groups is 1. The predicted molar refractivity (Wildman–Crippen MR) is 79.7 cm³/mol. The Morgan fingerprint density at radius 1 is 0.947 bits per heavy atom. The molecule has 2 aromatic carbocycles. The highest BCUT2D eigenvalue weighted by molar-refractivity contribution is 7.97. The summed E-state index contributed by atoms with van der Waals surface area (Å²) in [6, 6.07) is 19.3. The van der Waals surface area contributed by atoms with E-state index < -0.39 is 0 Å². The third kappa shape index (κ3) is 3.94. The molecule has 0 fully saturated rings. The van der Waals surface area contributed by atoms with E-state index in [0.29, 0.717) is 11.5 Å². The summed E-state index contributed by atoms with van der Waals surface area (Å²) >= 11 is 0. The minimum Gasteiger partial charge on any atom is -0.391 e. The number of ketones is 1. The summed E-state index contributed by atoms with van der Waals surface area (Å²) in [5.41, 5.74) is 0.744. The number of carbonyl (C=O) groups excluding carboxylic acids is 1. The monoisotopic (exact) mass is 273 g/mol. The van der Waals surface area contributed by atoms with Gasteiger partial charge in [0.25, 0.3) is 0 Å². The summed E-state index contributed by atoms with van der Waals surface area (Å²) in [6.07, 6.45) is 0. The quantitative estimate of drug-likeness (QED) is 0.648. The number of Topliss-reactive ketones (excluding diaryl/α,β-unsaturated/α-hetero) is 1. The molecule has 0 aliphatic heterocycles. The molecule has 0 saturated heterocycles. The lowest BCUT2D eigenvalue weighted by atomic mass is 10.2. The summed E-state index contributed by atoms with van der Waals surface area (Å²) in [5, 5.41) is 9.18. The first-order chi connectivity index (χ1) is 9.31. The SMILES string of the molecule is O=C(C[S+](CCO)c1ccccc1)c1ccccc1. The van der Waals surface area contributed by atoms with Crippen LogP contribution in [0.1, 0.15) is 10.4 Å². The molecule has 0 aromatic heterocycles. The first kappa shape index (κ1) is 13.8. The van der Waals surface area contributed by atoms with Crippen molar-refractivity contribution in [2.45, 2.75) is 4.90 Å². The number of rotatable bonds is 6. The fourth-order valence-electron chi connectivity index (χ4n) is 1.86. The first-order valence-electron chi connectivity index (χ1n) is 6.23. The number of hydrogen-bond donors (Lipinski definition) is 1. The molecule has 19 heavy (non-hydrogen) atoms. The maximum absolute atomic E-state index is 12.2. The zero-order chi connectivity index (χ0) is 13.5. The minimum atomic E-state index is -0.218. The molecule has 2 nitrogen and oxygen atoms in total. The predicted octanol–water partition coefficient (Wildman–Crippen LogP) is 2.54. The maximum atomic E-state index is 12.2. The molecule has 0 saturated carbocycles. The summed E-state index contributed by atoms with van der Waals surface area (Å²) < 4.78 is 0. The molecule has 0 amide bonds. The van der Waals surface area contributed by atoms with Crippen LogP contribution in [-0.2, 0) is 10.9 Å². The molecule has 0 aliphatic carbocycles. The fourth-order valence-corrected chi connectivity index (χ4v) is 3.65. The molecule has 1 unspecified atom stereocenters. The van der Waals surface area contributed by atoms with Crippen LogP contribution >= 0.6 is 0 Å². The van der Waals surface area contributed by atoms with Crippen LogP contribution in [0, 0.1) is 0 Å². The lowest BCUT2D eigenvalue weighted by molar-refractivity contribution is 0.102.